The lowest BCUT2D eigenvalue weighted by Gasteiger charge is -2.40. The van der Waals surface area contributed by atoms with Crippen molar-refractivity contribution in [1.82, 2.24) is 5.32 Å². The van der Waals surface area contributed by atoms with Gasteiger partial charge in [-0.05, 0) is 12.8 Å². The van der Waals surface area contributed by atoms with E-state index in [-0.39, 0.29) is 11.8 Å². The third-order valence-corrected chi connectivity index (χ3v) is 3.91. The highest BCUT2D eigenvalue weighted by atomic mass is 16.2. The minimum absolute atomic E-state index is 0.195. The average molecular weight is 192 g/mol. The predicted molar refractivity (Wildman–Crippen MR) is 47.7 cm³/mol. The lowest BCUT2D eigenvalue weighted by Crippen LogP contribution is -2.57. The minimum atomic E-state index is -0.994. The lowest BCUT2D eigenvalue weighted by molar-refractivity contribution is -0.147. The van der Waals surface area contributed by atoms with Crippen LogP contribution < -0.4 is 5.32 Å². The lowest BCUT2D eigenvalue weighted by atomic mass is 9.62. The summed E-state index contributed by atoms with van der Waals surface area (Å²) in [6, 6.07) is 2.11. The maximum Gasteiger partial charge on any atom is 0.247 e. The smallest absolute Gasteiger partial charge is 0.247 e. The van der Waals surface area contributed by atoms with Gasteiger partial charge in [0.1, 0.15) is 5.41 Å². The normalized spacial score (nSPS) is 39.1. The van der Waals surface area contributed by atoms with Gasteiger partial charge in [0, 0.05) is 11.3 Å². The topological polar surface area (TPSA) is 70.0 Å². The number of nitrogens with zero attached hydrogens (tertiary/aromatic N) is 1. The van der Waals surface area contributed by atoms with E-state index in [9.17, 15) is 9.59 Å². The highest BCUT2D eigenvalue weighted by Crippen LogP contribution is 2.57. The highest BCUT2D eigenvalue weighted by Gasteiger charge is 2.65. The summed E-state index contributed by atoms with van der Waals surface area (Å²) in [7, 11) is 0. The van der Waals surface area contributed by atoms with E-state index in [0.717, 1.165) is 0 Å². The molecule has 1 aliphatic heterocycles. The second-order valence-electron chi connectivity index (χ2n) is 4.65. The van der Waals surface area contributed by atoms with E-state index in [1.165, 1.54) is 0 Å². The summed E-state index contributed by atoms with van der Waals surface area (Å²) < 4.78 is 0. The quantitative estimate of drug-likeness (QED) is 0.571. The standard InChI is InChI=1S/C10H12N2O2/c1-9(2)6-3-4-10(9,5-11)8(14)12-7(6)13/h6H,3-4H2,1-2H3,(H,12,13,14). The van der Waals surface area contributed by atoms with Crippen LogP contribution >= 0.6 is 0 Å². The van der Waals surface area contributed by atoms with Crippen LogP contribution in [0.2, 0.25) is 0 Å². The van der Waals surface area contributed by atoms with Gasteiger partial charge in [0.25, 0.3) is 0 Å². The van der Waals surface area contributed by atoms with Crippen LogP contribution in [-0.4, -0.2) is 11.8 Å². The summed E-state index contributed by atoms with van der Waals surface area (Å²) in [6.45, 7) is 3.68. The Morgan fingerprint density at radius 1 is 1.50 bits per heavy atom. The molecule has 0 radical (unpaired) electrons. The van der Waals surface area contributed by atoms with Crippen molar-refractivity contribution in [2.45, 2.75) is 26.7 Å². The number of carbonyl (C=O) groups is 2. The van der Waals surface area contributed by atoms with Crippen LogP contribution in [0.4, 0.5) is 0 Å². The van der Waals surface area contributed by atoms with Crippen molar-refractivity contribution in [3.63, 3.8) is 0 Å². The van der Waals surface area contributed by atoms with Gasteiger partial charge in [-0.3, -0.25) is 14.9 Å². The number of nitriles is 1. The zero-order valence-electron chi connectivity index (χ0n) is 8.26. The first-order valence-corrected chi connectivity index (χ1v) is 4.72. The first-order chi connectivity index (χ1) is 6.45. The third-order valence-electron chi connectivity index (χ3n) is 3.91. The predicted octanol–water partition coefficient (Wildman–Crippen LogP) is 0.589. The molecule has 4 nitrogen and oxygen atoms in total. The molecule has 74 valence electrons. The Bertz CT molecular complexity index is 367. The van der Waals surface area contributed by atoms with E-state index in [2.05, 4.69) is 11.4 Å². The molecule has 0 aromatic rings. The first kappa shape index (κ1) is 9.20. The van der Waals surface area contributed by atoms with Crippen LogP contribution in [0.5, 0.6) is 0 Å². The maximum atomic E-state index is 11.7. The van der Waals surface area contributed by atoms with Crippen LogP contribution in [-0.2, 0) is 9.59 Å². The molecular formula is C10H12N2O2. The number of hydrogen-bond donors (Lipinski definition) is 1. The summed E-state index contributed by atoms with van der Waals surface area (Å²) in [5.74, 6) is -0.827. The fourth-order valence-electron chi connectivity index (χ4n) is 2.76. The molecule has 1 saturated heterocycles. The van der Waals surface area contributed by atoms with Crippen LogP contribution in [0, 0.1) is 28.1 Å². The molecule has 2 rings (SSSR count). The van der Waals surface area contributed by atoms with Gasteiger partial charge in [0.2, 0.25) is 11.8 Å². The SMILES string of the molecule is CC1(C)C2CCC1(C#N)C(=O)NC2=O. The molecule has 1 heterocycles. The molecule has 0 aromatic carbocycles. The summed E-state index contributed by atoms with van der Waals surface area (Å²) >= 11 is 0. The number of rotatable bonds is 0. The van der Waals surface area contributed by atoms with Crippen molar-refractivity contribution < 1.29 is 9.59 Å². The Balaban J connectivity index is 2.58. The summed E-state index contributed by atoms with van der Waals surface area (Å²) in [4.78, 5) is 23.2. The Labute approximate surface area is 82.3 Å². The van der Waals surface area contributed by atoms with Gasteiger partial charge in [-0.15, -0.1) is 0 Å². The van der Waals surface area contributed by atoms with Crippen molar-refractivity contribution in [3.8, 4) is 6.07 Å². The molecule has 2 amide bonds. The Morgan fingerprint density at radius 3 is 2.71 bits per heavy atom. The van der Waals surface area contributed by atoms with Crippen molar-refractivity contribution in [1.29, 1.82) is 5.26 Å². The highest BCUT2D eigenvalue weighted by molar-refractivity contribution is 6.05. The van der Waals surface area contributed by atoms with Gasteiger partial charge in [-0.2, -0.15) is 5.26 Å². The average Bonchev–Trinajstić information content (AvgIpc) is 2.27. The Morgan fingerprint density at radius 2 is 2.14 bits per heavy atom. The number of imide groups is 1. The molecule has 2 atom stereocenters. The van der Waals surface area contributed by atoms with Gasteiger partial charge >= 0.3 is 0 Å². The summed E-state index contributed by atoms with van der Waals surface area (Å²) in [6.07, 6.45) is 1.14. The number of hydrogen-bond acceptors (Lipinski definition) is 3. The number of amides is 2. The molecule has 0 aromatic heterocycles. The molecule has 4 heteroatoms. The Hall–Kier alpha value is -1.37. The fraction of sp³-hybridized carbons (Fsp3) is 0.700. The number of piperidine rings is 1. The molecule has 1 aliphatic carbocycles. The van der Waals surface area contributed by atoms with Gasteiger partial charge < -0.3 is 0 Å². The fourth-order valence-corrected chi connectivity index (χ4v) is 2.76. The molecule has 14 heavy (non-hydrogen) atoms. The second kappa shape index (κ2) is 2.35. The van der Waals surface area contributed by atoms with E-state index < -0.39 is 16.7 Å². The monoisotopic (exact) mass is 192 g/mol. The number of fused-ring (bicyclic) bond motifs is 2. The van der Waals surface area contributed by atoms with Crippen LogP contribution in [0.15, 0.2) is 0 Å². The molecule has 2 fully saturated rings. The summed E-state index contributed by atoms with van der Waals surface area (Å²) in [5.41, 5.74) is -1.52. The van der Waals surface area contributed by atoms with Crippen molar-refractivity contribution in [2.24, 2.45) is 16.7 Å². The maximum absolute atomic E-state index is 11.7. The van der Waals surface area contributed by atoms with Crippen molar-refractivity contribution in [2.75, 3.05) is 0 Å². The van der Waals surface area contributed by atoms with Crippen LogP contribution in [0.1, 0.15) is 26.7 Å². The molecule has 2 aliphatic rings. The van der Waals surface area contributed by atoms with E-state index in [1.807, 2.05) is 13.8 Å². The van der Waals surface area contributed by atoms with Gasteiger partial charge in [0.05, 0.1) is 6.07 Å². The Kier molecular flexibility index (Phi) is 1.55. The molecule has 2 unspecified atom stereocenters. The largest absolute Gasteiger partial charge is 0.295 e. The number of carbonyl (C=O) groups excluding carboxylic acids is 2. The van der Waals surface area contributed by atoms with Crippen LogP contribution in [0.25, 0.3) is 0 Å². The zero-order valence-corrected chi connectivity index (χ0v) is 8.26. The third kappa shape index (κ3) is 0.735. The van der Waals surface area contributed by atoms with E-state index >= 15 is 0 Å². The molecule has 1 N–H and O–H groups in total. The first-order valence-electron chi connectivity index (χ1n) is 4.72. The molecule has 1 saturated carbocycles. The van der Waals surface area contributed by atoms with E-state index in [1.54, 1.807) is 0 Å². The molecular weight excluding hydrogens is 180 g/mol. The van der Waals surface area contributed by atoms with Crippen LogP contribution in [0.3, 0.4) is 0 Å². The zero-order chi connectivity index (χ0) is 10.6. The minimum Gasteiger partial charge on any atom is -0.295 e. The van der Waals surface area contributed by atoms with E-state index in [4.69, 9.17) is 5.26 Å². The molecule has 2 bridgehead atoms. The van der Waals surface area contributed by atoms with Crippen molar-refractivity contribution >= 4 is 11.8 Å². The second-order valence-corrected chi connectivity index (χ2v) is 4.65. The number of nitrogens with one attached hydrogen (secondary N) is 1. The van der Waals surface area contributed by atoms with Gasteiger partial charge in [-0.1, -0.05) is 13.8 Å². The van der Waals surface area contributed by atoms with Crippen molar-refractivity contribution in [3.05, 3.63) is 0 Å². The van der Waals surface area contributed by atoms with E-state index in [0.29, 0.717) is 12.8 Å². The molecule has 0 spiro atoms. The van der Waals surface area contributed by atoms with Gasteiger partial charge in [0.15, 0.2) is 0 Å². The van der Waals surface area contributed by atoms with Gasteiger partial charge in [-0.25, -0.2) is 0 Å². The summed E-state index contributed by atoms with van der Waals surface area (Å²) in [5, 5.41) is 11.4.